The second-order valence-electron chi connectivity index (χ2n) is 13.9. The Morgan fingerprint density at radius 2 is 1.34 bits per heavy atom. The second kappa shape index (κ2) is 23.9. The molecule has 0 bridgehead atoms. The van der Waals surface area contributed by atoms with Crippen LogP contribution in [0.5, 0.6) is 0 Å². The van der Waals surface area contributed by atoms with Gasteiger partial charge in [-0.1, -0.05) is 59.6 Å². The van der Waals surface area contributed by atoms with Crippen LogP contribution >= 0.6 is 0 Å². The largest absolute Gasteiger partial charge is 0.481 e. The van der Waals surface area contributed by atoms with E-state index in [0.717, 1.165) is 18.6 Å². The molecule has 0 aliphatic heterocycles. The van der Waals surface area contributed by atoms with Crippen LogP contribution < -0.4 is 43.4 Å². The van der Waals surface area contributed by atoms with Gasteiger partial charge in [0.05, 0.1) is 24.5 Å². The third-order valence-corrected chi connectivity index (χ3v) is 8.30. The van der Waals surface area contributed by atoms with Crippen molar-refractivity contribution in [1.29, 1.82) is 0 Å². The van der Waals surface area contributed by atoms with E-state index < -0.39 is 114 Å². The van der Waals surface area contributed by atoms with E-state index in [1.165, 1.54) is 12.1 Å². The first-order valence-electron chi connectivity index (χ1n) is 18.1. The molecule has 1 aromatic rings. The van der Waals surface area contributed by atoms with Gasteiger partial charge in [-0.2, -0.15) is 0 Å². The summed E-state index contributed by atoms with van der Waals surface area (Å²) in [5, 5.41) is 44.2. The normalized spacial score (nSPS) is 14.2. The highest BCUT2D eigenvalue weighted by molar-refractivity contribution is 5.97. The van der Waals surface area contributed by atoms with Crippen molar-refractivity contribution in [3.05, 3.63) is 39.9 Å². The number of nitro groups is 1. The number of nitrogens with zero attached hydrogens (tertiary/aromatic N) is 1. The molecule has 21 nitrogen and oxygen atoms in total. The highest BCUT2D eigenvalue weighted by atomic mass is 16.6. The number of carboxylic acid groups (broad SMARTS) is 1. The number of non-ortho nitro benzene ring substituents is 1. The van der Waals surface area contributed by atoms with Crippen LogP contribution in [0.2, 0.25) is 0 Å². The smallest absolute Gasteiger partial charge is 0.305 e. The summed E-state index contributed by atoms with van der Waals surface area (Å²) in [5.74, 6) is -8.24. The number of aliphatic hydroxyl groups excluding tert-OH is 1. The lowest BCUT2D eigenvalue weighted by Crippen LogP contribution is -2.60. The van der Waals surface area contributed by atoms with Gasteiger partial charge in [-0.25, -0.2) is 0 Å². The Morgan fingerprint density at radius 1 is 0.786 bits per heavy atom. The standard InChI is InChI=1S/C35H55N9O12/c1-6-7-8-23(30(37)49)40-32(51)24(13-18(2)3)39-27(46)16-38-35(54)29(19(4)5)43-34(53)25(14-20-9-11-21(12-10-20)44(55)56)42-33(52)26(15-28(47)48)41-31(50)22(36)17-45/h9-12,18-19,22-26,29,45H,6-8,13-17,36H2,1-5H3,(H2,37,49)(H,38,54)(H,39,46)(H,40,51)(H,41,50)(H,42,52)(H,43,53)(H,47,48)/t22-,23-,24-,25-,26-,29-/m0/s1. The van der Waals surface area contributed by atoms with Gasteiger partial charge in [-0.05, 0) is 30.2 Å². The van der Waals surface area contributed by atoms with Gasteiger partial charge < -0.3 is 53.6 Å². The molecular weight excluding hydrogens is 738 g/mol. The molecule has 7 amide bonds. The minimum absolute atomic E-state index is 0.0583. The van der Waals surface area contributed by atoms with Crippen molar-refractivity contribution in [2.24, 2.45) is 23.3 Å². The lowest BCUT2D eigenvalue weighted by molar-refractivity contribution is -0.384. The molecule has 1 aromatic carbocycles. The minimum atomic E-state index is -1.76. The maximum absolute atomic E-state index is 13.7. The van der Waals surface area contributed by atoms with Gasteiger partial charge >= 0.3 is 5.97 Å². The number of unbranched alkanes of at least 4 members (excludes halogenated alkanes) is 1. The zero-order valence-electron chi connectivity index (χ0n) is 32.2. The van der Waals surface area contributed by atoms with Crippen molar-refractivity contribution in [2.45, 2.75) is 109 Å². The van der Waals surface area contributed by atoms with E-state index in [1.54, 1.807) is 13.8 Å². The fraction of sp³-hybridized carbons (Fsp3) is 0.600. The van der Waals surface area contributed by atoms with Crippen molar-refractivity contribution < 1.29 is 53.5 Å². The number of nitro benzene ring substituents is 1. The number of carbonyl (C=O) groups excluding carboxylic acids is 7. The van der Waals surface area contributed by atoms with Crippen LogP contribution in [-0.4, -0.2) is 112 Å². The molecule has 0 saturated heterocycles. The SMILES string of the molecule is CCCC[C@H](NC(=O)[C@H](CC(C)C)NC(=O)CNC(=O)[C@@H](NC(=O)[C@H](Cc1ccc([N+](=O)[O-])cc1)NC(=O)[C@H](CC(=O)O)NC(=O)[C@@H](N)CO)C(C)C)C(N)=O. The molecule has 56 heavy (non-hydrogen) atoms. The van der Waals surface area contributed by atoms with E-state index in [2.05, 4.69) is 31.9 Å². The number of hydrogen-bond acceptors (Lipinski definition) is 12. The van der Waals surface area contributed by atoms with Crippen molar-refractivity contribution in [1.82, 2.24) is 31.9 Å². The number of primary amides is 1. The molecule has 6 atom stereocenters. The number of aliphatic carboxylic acids is 1. The van der Waals surface area contributed by atoms with Gasteiger partial charge in [0.2, 0.25) is 41.4 Å². The van der Waals surface area contributed by atoms with Gasteiger partial charge in [0.25, 0.3) is 5.69 Å². The topological polar surface area (TPSA) is 344 Å². The zero-order chi connectivity index (χ0) is 42.7. The summed E-state index contributed by atoms with van der Waals surface area (Å²) in [6.45, 7) is 7.26. The van der Waals surface area contributed by atoms with Crippen molar-refractivity contribution >= 4 is 53.0 Å². The Hall–Kier alpha value is -5.70. The van der Waals surface area contributed by atoms with Crippen LogP contribution in [0.25, 0.3) is 0 Å². The van der Waals surface area contributed by atoms with E-state index >= 15 is 0 Å². The molecule has 0 unspecified atom stereocenters. The van der Waals surface area contributed by atoms with Gasteiger partial charge in [-0.15, -0.1) is 0 Å². The Bertz CT molecular complexity index is 1550. The highest BCUT2D eigenvalue weighted by Gasteiger charge is 2.33. The third kappa shape index (κ3) is 17.2. The lowest BCUT2D eigenvalue weighted by Gasteiger charge is -2.27. The fourth-order valence-corrected chi connectivity index (χ4v) is 5.20. The Kier molecular flexibility index (Phi) is 20.7. The molecule has 0 saturated carbocycles. The van der Waals surface area contributed by atoms with E-state index in [4.69, 9.17) is 11.5 Å². The first kappa shape index (κ1) is 48.3. The maximum Gasteiger partial charge on any atom is 0.305 e. The van der Waals surface area contributed by atoms with Crippen LogP contribution in [-0.2, 0) is 44.8 Å². The van der Waals surface area contributed by atoms with Crippen LogP contribution in [0, 0.1) is 22.0 Å². The van der Waals surface area contributed by atoms with E-state index in [-0.39, 0.29) is 24.4 Å². The van der Waals surface area contributed by atoms with Gasteiger partial charge in [0.15, 0.2) is 0 Å². The number of benzene rings is 1. The quantitative estimate of drug-likeness (QED) is 0.0373. The average molecular weight is 794 g/mol. The van der Waals surface area contributed by atoms with Crippen molar-refractivity contribution in [3.8, 4) is 0 Å². The molecule has 1 rings (SSSR count). The van der Waals surface area contributed by atoms with E-state index in [1.807, 2.05) is 20.8 Å². The van der Waals surface area contributed by atoms with Crippen LogP contribution in [0.15, 0.2) is 24.3 Å². The summed E-state index contributed by atoms with van der Waals surface area (Å²) < 4.78 is 0. The number of amides is 7. The fourth-order valence-electron chi connectivity index (χ4n) is 5.20. The molecule has 21 heteroatoms. The first-order chi connectivity index (χ1) is 26.2. The van der Waals surface area contributed by atoms with Crippen LogP contribution in [0.4, 0.5) is 5.69 Å². The van der Waals surface area contributed by atoms with Crippen molar-refractivity contribution in [3.63, 3.8) is 0 Å². The summed E-state index contributed by atoms with van der Waals surface area (Å²) in [7, 11) is 0. The average Bonchev–Trinajstić information content (AvgIpc) is 3.12. The Labute approximate surface area is 324 Å². The van der Waals surface area contributed by atoms with Gasteiger partial charge in [0, 0.05) is 18.6 Å². The summed E-state index contributed by atoms with van der Waals surface area (Å²) in [6, 6.07) is -3.17. The summed E-state index contributed by atoms with van der Waals surface area (Å²) in [5.41, 5.74) is 11.0. The molecule has 0 aliphatic carbocycles. The van der Waals surface area contributed by atoms with Crippen LogP contribution in [0.3, 0.4) is 0 Å². The Morgan fingerprint density at radius 3 is 1.84 bits per heavy atom. The summed E-state index contributed by atoms with van der Waals surface area (Å²) in [4.78, 5) is 113. The number of carboxylic acids is 1. The second-order valence-corrected chi connectivity index (χ2v) is 13.9. The molecule has 0 radical (unpaired) electrons. The molecular formula is C35H55N9O12. The number of nitrogens with one attached hydrogen (secondary N) is 6. The third-order valence-electron chi connectivity index (χ3n) is 8.30. The molecule has 0 fully saturated rings. The Balaban J connectivity index is 3.23. The molecule has 12 N–H and O–H groups in total. The summed E-state index contributed by atoms with van der Waals surface area (Å²) >= 11 is 0. The predicted molar refractivity (Wildman–Crippen MR) is 200 cm³/mol. The monoisotopic (exact) mass is 793 g/mol. The number of nitrogens with two attached hydrogens (primary N) is 2. The number of hydrogen-bond donors (Lipinski definition) is 10. The zero-order valence-corrected chi connectivity index (χ0v) is 32.2. The van der Waals surface area contributed by atoms with E-state index in [9.17, 15) is 58.7 Å². The van der Waals surface area contributed by atoms with Crippen molar-refractivity contribution in [2.75, 3.05) is 13.2 Å². The summed E-state index contributed by atoms with van der Waals surface area (Å²) in [6.07, 6.45) is 0.640. The molecule has 0 heterocycles. The van der Waals surface area contributed by atoms with Gasteiger partial charge in [-0.3, -0.25) is 48.5 Å². The maximum atomic E-state index is 13.7. The van der Waals surface area contributed by atoms with E-state index in [0.29, 0.717) is 18.4 Å². The number of aliphatic hydroxyl groups is 1. The van der Waals surface area contributed by atoms with Crippen LogP contribution in [0.1, 0.15) is 72.3 Å². The minimum Gasteiger partial charge on any atom is -0.481 e. The number of carbonyl (C=O) groups is 8. The molecule has 0 aliphatic rings. The molecule has 312 valence electrons. The first-order valence-corrected chi connectivity index (χ1v) is 18.1. The molecule has 0 aromatic heterocycles. The lowest BCUT2D eigenvalue weighted by atomic mass is 10.00. The highest BCUT2D eigenvalue weighted by Crippen LogP contribution is 2.14. The van der Waals surface area contributed by atoms with Gasteiger partial charge in [0.1, 0.15) is 36.3 Å². The number of rotatable bonds is 25. The predicted octanol–water partition coefficient (Wildman–Crippen LogP) is -2.15. The molecule has 0 spiro atoms.